The number of carbonyl (C=O) groups excluding carboxylic acids is 1. The van der Waals surface area contributed by atoms with Gasteiger partial charge in [-0.1, -0.05) is 24.3 Å². The average molecular weight is 286 g/mol. The zero-order valence-electron chi connectivity index (χ0n) is 12.9. The highest BCUT2D eigenvalue weighted by Crippen LogP contribution is 2.26. The number of hydrogen-bond acceptors (Lipinski definition) is 2. The van der Waals surface area contributed by atoms with E-state index in [0.717, 1.165) is 32.4 Å². The van der Waals surface area contributed by atoms with Gasteiger partial charge in [-0.15, -0.1) is 0 Å². The van der Waals surface area contributed by atoms with E-state index >= 15 is 0 Å². The van der Waals surface area contributed by atoms with Crippen LogP contribution in [0.15, 0.2) is 24.3 Å². The Hall–Kier alpha value is -1.35. The van der Waals surface area contributed by atoms with Crippen LogP contribution in [0.25, 0.3) is 0 Å². The van der Waals surface area contributed by atoms with E-state index in [-0.39, 0.29) is 17.9 Å². The number of nitrogens with one attached hydrogen (secondary N) is 2. The number of piperidine rings is 1. The van der Waals surface area contributed by atoms with E-state index in [1.807, 2.05) is 0 Å². The van der Waals surface area contributed by atoms with Crippen LogP contribution in [0.5, 0.6) is 0 Å². The molecule has 0 radical (unpaired) electrons. The smallest absolute Gasteiger partial charge is 0.223 e. The molecule has 3 unspecified atom stereocenters. The Labute approximate surface area is 127 Å². The minimum absolute atomic E-state index is 0.152. The Kier molecular flexibility index (Phi) is 4.59. The summed E-state index contributed by atoms with van der Waals surface area (Å²) in [6.45, 7) is 4.32. The van der Waals surface area contributed by atoms with Gasteiger partial charge in [0.1, 0.15) is 0 Å². The fraction of sp³-hybridized carbons (Fsp3) is 0.611. The average Bonchev–Trinajstić information content (AvgIpc) is 2.55. The summed E-state index contributed by atoms with van der Waals surface area (Å²) >= 11 is 0. The van der Waals surface area contributed by atoms with Gasteiger partial charge in [-0.2, -0.15) is 0 Å². The van der Waals surface area contributed by atoms with E-state index in [1.54, 1.807) is 0 Å². The fourth-order valence-corrected chi connectivity index (χ4v) is 3.69. The summed E-state index contributed by atoms with van der Waals surface area (Å²) in [4.78, 5) is 12.5. The first-order valence-electron chi connectivity index (χ1n) is 8.32. The van der Waals surface area contributed by atoms with E-state index in [9.17, 15) is 4.79 Å². The predicted octanol–water partition coefficient (Wildman–Crippen LogP) is 2.30. The van der Waals surface area contributed by atoms with Crippen molar-refractivity contribution in [1.29, 1.82) is 0 Å². The van der Waals surface area contributed by atoms with Crippen molar-refractivity contribution in [2.24, 2.45) is 11.8 Å². The van der Waals surface area contributed by atoms with Crippen LogP contribution in [0.2, 0.25) is 0 Å². The van der Waals surface area contributed by atoms with Crippen LogP contribution in [0.3, 0.4) is 0 Å². The number of aryl methyl sites for hydroxylation is 1. The van der Waals surface area contributed by atoms with Gasteiger partial charge < -0.3 is 10.6 Å². The molecule has 1 saturated heterocycles. The Morgan fingerprint density at radius 2 is 2.10 bits per heavy atom. The fourth-order valence-electron chi connectivity index (χ4n) is 3.69. The molecular formula is C18H26N2O. The number of carbonyl (C=O) groups is 1. The monoisotopic (exact) mass is 286 g/mol. The largest absolute Gasteiger partial charge is 0.353 e. The molecule has 1 aromatic rings. The molecule has 0 saturated carbocycles. The summed E-state index contributed by atoms with van der Waals surface area (Å²) in [6.07, 6.45) is 5.37. The van der Waals surface area contributed by atoms with E-state index in [4.69, 9.17) is 0 Å². The van der Waals surface area contributed by atoms with Crippen molar-refractivity contribution in [3.05, 3.63) is 35.4 Å². The van der Waals surface area contributed by atoms with Crippen molar-refractivity contribution in [3.63, 3.8) is 0 Å². The van der Waals surface area contributed by atoms with Crippen molar-refractivity contribution in [1.82, 2.24) is 10.6 Å². The highest BCUT2D eigenvalue weighted by atomic mass is 16.1. The molecule has 1 fully saturated rings. The Balaban J connectivity index is 1.56. The minimum atomic E-state index is 0.152. The van der Waals surface area contributed by atoms with Crippen molar-refractivity contribution < 1.29 is 4.79 Å². The zero-order chi connectivity index (χ0) is 14.7. The van der Waals surface area contributed by atoms with Crippen LogP contribution in [-0.4, -0.2) is 25.0 Å². The van der Waals surface area contributed by atoms with Gasteiger partial charge >= 0.3 is 0 Å². The van der Waals surface area contributed by atoms with Crippen molar-refractivity contribution in [2.75, 3.05) is 13.1 Å². The second-order valence-corrected chi connectivity index (χ2v) is 6.61. The first-order chi connectivity index (χ1) is 10.2. The predicted molar refractivity (Wildman–Crippen MR) is 85.2 cm³/mol. The first kappa shape index (κ1) is 14.6. The molecule has 1 aliphatic heterocycles. The van der Waals surface area contributed by atoms with Gasteiger partial charge in [-0.3, -0.25) is 4.79 Å². The van der Waals surface area contributed by atoms with Gasteiger partial charge in [0.25, 0.3) is 0 Å². The topological polar surface area (TPSA) is 41.1 Å². The van der Waals surface area contributed by atoms with E-state index < -0.39 is 0 Å². The van der Waals surface area contributed by atoms with Crippen molar-refractivity contribution >= 4 is 5.91 Å². The molecule has 0 aromatic heterocycles. The number of hydrogen-bond donors (Lipinski definition) is 2. The normalized spacial score (nSPS) is 26.7. The molecule has 1 aromatic carbocycles. The van der Waals surface area contributed by atoms with Gasteiger partial charge in [-0.25, -0.2) is 0 Å². The molecule has 21 heavy (non-hydrogen) atoms. The quantitative estimate of drug-likeness (QED) is 0.895. The third-order valence-corrected chi connectivity index (χ3v) is 5.13. The molecule has 114 valence electrons. The maximum absolute atomic E-state index is 12.5. The maximum atomic E-state index is 12.5. The number of rotatable bonds is 3. The lowest BCUT2D eigenvalue weighted by atomic mass is 9.83. The van der Waals surface area contributed by atoms with E-state index in [1.165, 1.54) is 24.0 Å². The van der Waals surface area contributed by atoms with Crippen LogP contribution < -0.4 is 10.6 Å². The third kappa shape index (κ3) is 3.46. The van der Waals surface area contributed by atoms with Crippen LogP contribution in [0.4, 0.5) is 0 Å². The van der Waals surface area contributed by atoms with Gasteiger partial charge in [0.05, 0.1) is 0 Å². The lowest BCUT2D eigenvalue weighted by molar-refractivity contribution is -0.126. The SMILES string of the molecule is CC(NC(=O)C1CCc2ccccc2C1)C1CCCNC1. The number of benzene rings is 1. The molecule has 0 spiro atoms. The standard InChI is InChI=1S/C18H26N2O/c1-13(17-7-4-10-19-12-17)20-18(21)16-9-8-14-5-2-3-6-15(14)11-16/h2-3,5-6,13,16-17,19H,4,7-12H2,1H3,(H,20,21). The molecule has 3 atom stereocenters. The van der Waals surface area contributed by atoms with E-state index in [0.29, 0.717) is 5.92 Å². The van der Waals surface area contributed by atoms with Crippen LogP contribution in [0.1, 0.15) is 37.3 Å². The van der Waals surface area contributed by atoms with E-state index in [2.05, 4.69) is 41.8 Å². The minimum Gasteiger partial charge on any atom is -0.353 e. The van der Waals surface area contributed by atoms with Crippen molar-refractivity contribution in [3.8, 4) is 0 Å². The molecule has 3 rings (SSSR count). The van der Waals surface area contributed by atoms with Gasteiger partial charge in [0.2, 0.25) is 5.91 Å². The van der Waals surface area contributed by atoms with Crippen LogP contribution in [-0.2, 0) is 17.6 Å². The molecule has 1 heterocycles. The highest BCUT2D eigenvalue weighted by Gasteiger charge is 2.27. The lowest BCUT2D eigenvalue weighted by Crippen LogP contribution is -2.47. The Morgan fingerprint density at radius 1 is 1.29 bits per heavy atom. The Morgan fingerprint density at radius 3 is 2.86 bits per heavy atom. The molecular weight excluding hydrogens is 260 g/mol. The molecule has 2 N–H and O–H groups in total. The molecule has 0 bridgehead atoms. The lowest BCUT2D eigenvalue weighted by Gasteiger charge is -2.31. The first-order valence-corrected chi connectivity index (χ1v) is 8.32. The summed E-state index contributed by atoms with van der Waals surface area (Å²) in [5, 5.41) is 6.70. The van der Waals surface area contributed by atoms with Crippen LogP contribution >= 0.6 is 0 Å². The molecule has 2 aliphatic rings. The molecule has 3 heteroatoms. The maximum Gasteiger partial charge on any atom is 0.223 e. The van der Waals surface area contributed by atoms with Gasteiger partial charge in [0.15, 0.2) is 0 Å². The van der Waals surface area contributed by atoms with Gasteiger partial charge in [0, 0.05) is 12.0 Å². The summed E-state index contributed by atoms with van der Waals surface area (Å²) in [7, 11) is 0. The zero-order valence-corrected chi connectivity index (χ0v) is 12.9. The molecule has 1 aliphatic carbocycles. The molecule has 3 nitrogen and oxygen atoms in total. The van der Waals surface area contributed by atoms with Gasteiger partial charge in [-0.05, 0) is 69.2 Å². The second-order valence-electron chi connectivity index (χ2n) is 6.61. The number of amides is 1. The summed E-state index contributed by atoms with van der Waals surface area (Å²) in [5.41, 5.74) is 2.78. The van der Waals surface area contributed by atoms with Crippen molar-refractivity contribution in [2.45, 2.75) is 45.1 Å². The highest BCUT2D eigenvalue weighted by molar-refractivity contribution is 5.79. The summed E-state index contributed by atoms with van der Waals surface area (Å²) in [5.74, 6) is 0.986. The van der Waals surface area contributed by atoms with Crippen LogP contribution in [0, 0.1) is 11.8 Å². The third-order valence-electron chi connectivity index (χ3n) is 5.13. The summed E-state index contributed by atoms with van der Waals surface area (Å²) in [6, 6.07) is 8.82. The molecule has 1 amide bonds. The Bertz CT molecular complexity index is 494. The summed E-state index contributed by atoms with van der Waals surface area (Å²) < 4.78 is 0. The number of fused-ring (bicyclic) bond motifs is 1. The second kappa shape index (κ2) is 6.61.